The highest BCUT2D eigenvalue weighted by molar-refractivity contribution is 6.28. The molecule has 1 fully saturated rings. The van der Waals surface area contributed by atoms with Crippen molar-refractivity contribution in [1.29, 1.82) is 0 Å². The zero-order chi connectivity index (χ0) is 11.0. The Labute approximate surface area is 97.6 Å². The van der Waals surface area contributed by atoms with Crippen molar-refractivity contribution in [2.24, 2.45) is 0 Å². The summed E-state index contributed by atoms with van der Waals surface area (Å²) in [6.45, 7) is 3.14. The van der Waals surface area contributed by atoms with E-state index in [0.717, 1.165) is 37.6 Å². The first kappa shape index (κ1) is 9.86. The van der Waals surface area contributed by atoms with Crippen molar-refractivity contribution in [2.45, 2.75) is 0 Å². The Balaban J connectivity index is 2.09. The fourth-order valence-electron chi connectivity index (χ4n) is 1.90. The van der Waals surface area contributed by atoms with Crippen LogP contribution in [0.2, 0.25) is 5.28 Å². The highest BCUT2D eigenvalue weighted by Crippen LogP contribution is 2.21. The van der Waals surface area contributed by atoms with Crippen LogP contribution in [0, 0.1) is 0 Å². The van der Waals surface area contributed by atoms with Crippen molar-refractivity contribution >= 4 is 22.9 Å². The van der Waals surface area contributed by atoms with Crippen molar-refractivity contribution in [3.63, 3.8) is 0 Å². The van der Waals surface area contributed by atoms with Gasteiger partial charge >= 0.3 is 0 Å². The molecule has 84 valence electrons. The van der Waals surface area contributed by atoms with Gasteiger partial charge in [0.2, 0.25) is 5.28 Å². The topological polar surface area (TPSA) is 42.7 Å². The quantitative estimate of drug-likeness (QED) is 0.749. The Hall–Kier alpha value is -1.33. The second kappa shape index (κ2) is 3.92. The molecule has 1 aliphatic heterocycles. The summed E-state index contributed by atoms with van der Waals surface area (Å²) in [5, 5.41) is 4.37. The zero-order valence-corrected chi connectivity index (χ0v) is 9.39. The molecule has 3 rings (SSSR count). The van der Waals surface area contributed by atoms with Crippen molar-refractivity contribution in [3.05, 3.63) is 23.6 Å². The Bertz CT molecular complexity index is 506. The molecule has 2 aromatic heterocycles. The van der Waals surface area contributed by atoms with Crippen LogP contribution in [0.5, 0.6) is 0 Å². The van der Waals surface area contributed by atoms with E-state index in [-0.39, 0.29) is 5.28 Å². The first-order valence-corrected chi connectivity index (χ1v) is 5.56. The normalized spacial score (nSPS) is 16.9. The minimum absolute atomic E-state index is 0.269. The minimum Gasteiger partial charge on any atom is -0.378 e. The van der Waals surface area contributed by atoms with Gasteiger partial charge in [-0.15, -0.1) is 5.10 Å². The Kier molecular flexibility index (Phi) is 2.41. The largest absolute Gasteiger partial charge is 0.378 e. The second-order valence-electron chi connectivity index (χ2n) is 3.64. The van der Waals surface area contributed by atoms with Crippen molar-refractivity contribution in [2.75, 3.05) is 31.2 Å². The lowest BCUT2D eigenvalue weighted by Gasteiger charge is -2.28. The highest BCUT2D eigenvalue weighted by atomic mass is 35.5. The van der Waals surface area contributed by atoms with Crippen LogP contribution in [0.4, 0.5) is 5.82 Å². The van der Waals surface area contributed by atoms with Gasteiger partial charge < -0.3 is 9.64 Å². The average Bonchev–Trinajstić information content (AvgIpc) is 2.77. The number of halogens is 1. The lowest BCUT2D eigenvalue weighted by Crippen LogP contribution is -2.37. The molecule has 1 saturated heterocycles. The number of hydrogen-bond donors (Lipinski definition) is 0. The van der Waals surface area contributed by atoms with E-state index in [1.54, 1.807) is 4.52 Å². The summed E-state index contributed by atoms with van der Waals surface area (Å²) in [7, 11) is 0. The smallest absolute Gasteiger partial charge is 0.243 e. The van der Waals surface area contributed by atoms with Gasteiger partial charge in [0, 0.05) is 19.3 Å². The fourth-order valence-corrected chi connectivity index (χ4v) is 2.06. The molecular formula is C10H11ClN4O. The van der Waals surface area contributed by atoms with E-state index < -0.39 is 0 Å². The van der Waals surface area contributed by atoms with Crippen molar-refractivity contribution in [1.82, 2.24) is 14.6 Å². The van der Waals surface area contributed by atoms with Gasteiger partial charge in [-0.1, -0.05) is 0 Å². The molecule has 1 aliphatic rings. The van der Waals surface area contributed by atoms with Crippen LogP contribution in [-0.4, -0.2) is 40.9 Å². The Morgan fingerprint density at radius 2 is 2.12 bits per heavy atom. The number of fused-ring (bicyclic) bond motifs is 1. The third-order valence-electron chi connectivity index (χ3n) is 2.66. The van der Waals surface area contributed by atoms with E-state index in [1.165, 1.54) is 0 Å². The van der Waals surface area contributed by atoms with Crippen molar-refractivity contribution < 1.29 is 4.74 Å². The monoisotopic (exact) mass is 238 g/mol. The maximum atomic E-state index is 5.90. The molecule has 0 saturated carbocycles. The van der Waals surface area contributed by atoms with Crippen LogP contribution in [0.3, 0.4) is 0 Å². The van der Waals surface area contributed by atoms with Crippen LogP contribution < -0.4 is 4.90 Å². The summed E-state index contributed by atoms with van der Waals surface area (Å²) < 4.78 is 7.07. The van der Waals surface area contributed by atoms with Gasteiger partial charge in [0.25, 0.3) is 0 Å². The molecule has 0 unspecified atom stereocenters. The molecule has 0 amide bonds. The molecule has 0 atom stereocenters. The Morgan fingerprint density at radius 1 is 1.31 bits per heavy atom. The summed E-state index contributed by atoms with van der Waals surface area (Å²) >= 11 is 5.90. The number of aromatic nitrogens is 3. The van der Waals surface area contributed by atoms with E-state index >= 15 is 0 Å². The SMILES string of the molecule is Clc1nc(N2CCOCC2)c2cccn2n1. The predicted octanol–water partition coefficient (Wildman–Crippen LogP) is 1.22. The van der Waals surface area contributed by atoms with Crippen molar-refractivity contribution in [3.8, 4) is 0 Å². The van der Waals surface area contributed by atoms with E-state index in [2.05, 4.69) is 15.0 Å². The molecule has 2 aromatic rings. The maximum absolute atomic E-state index is 5.90. The molecule has 3 heterocycles. The number of ether oxygens (including phenoxy) is 1. The molecule has 16 heavy (non-hydrogen) atoms. The number of rotatable bonds is 1. The average molecular weight is 239 g/mol. The highest BCUT2D eigenvalue weighted by Gasteiger charge is 2.16. The van der Waals surface area contributed by atoms with Gasteiger partial charge in [-0.25, -0.2) is 4.52 Å². The van der Waals surface area contributed by atoms with Crippen LogP contribution in [0.25, 0.3) is 5.52 Å². The first-order valence-electron chi connectivity index (χ1n) is 5.18. The molecule has 5 nitrogen and oxygen atoms in total. The fraction of sp³-hybridized carbons (Fsp3) is 0.400. The second-order valence-corrected chi connectivity index (χ2v) is 3.98. The summed E-state index contributed by atoms with van der Waals surface area (Å²) in [4.78, 5) is 6.47. The van der Waals surface area contributed by atoms with E-state index in [9.17, 15) is 0 Å². The zero-order valence-electron chi connectivity index (χ0n) is 8.64. The Morgan fingerprint density at radius 3 is 2.94 bits per heavy atom. The van der Waals surface area contributed by atoms with Crippen LogP contribution in [0.1, 0.15) is 0 Å². The van der Waals surface area contributed by atoms with Gasteiger partial charge in [0.05, 0.1) is 13.2 Å². The van der Waals surface area contributed by atoms with Gasteiger partial charge in [0.1, 0.15) is 5.52 Å². The number of morpholine rings is 1. The van der Waals surface area contributed by atoms with E-state index in [4.69, 9.17) is 16.3 Å². The number of nitrogens with zero attached hydrogens (tertiary/aromatic N) is 4. The molecule has 0 spiro atoms. The summed E-state index contributed by atoms with van der Waals surface area (Å²) in [6.07, 6.45) is 1.87. The number of anilines is 1. The predicted molar refractivity (Wildman–Crippen MR) is 61.0 cm³/mol. The standard InChI is InChI=1S/C10H11ClN4O/c11-10-12-9(14-4-6-16-7-5-14)8-2-1-3-15(8)13-10/h1-3H,4-7H2. The minimum atomic E-state index is 0.269. The first-order chi connectivity index (χ1) is 7.84. The summed E-state index contributed by atoms with van der Waals surface area (Å²) in [5.41, 5.74) is 0.978. The lowest BCUT2D eigenvalue weighted by atomic mass is 10.4. The van der Waals surface area contributed by atoms with Gasteiger partial charge in [-0.3, -0.25) is 0 Å². The van der Waals surface area contributed by atoms with Gasteiger partial charge in [-0.2, -0.15) is 4.98 Å². The number of hydrogen-bond acceptors (Lipinski definition) is 4. The molecule has 0 aliphatic carbocycles. The van der Waals surface area contributed by atoms with E-state index in [0.29, 0.717) is 0 Å². The summed E-state index contributed by atoms with van der Waals surface area (Å²) in [5.74, 6) is 0.883. The molecule has 0 bridgehead atoms. The van der Waals surface area contributed by atoms with E-state index in [1.807, 2.05) is 18.3 Å². The van der Waals surface area contributed by atoms with Crippen LogP contribution in [-0.2, 0) is 4.74 Å². The van der Waals surface area contributed by atoms with Crippen LogP contribution >= 0.6 is 11.6 Å². The molecule has 6 heteroatoms. The third-order valence-corrected chi connectivity index (χ3v) is 2.82. The maximum Gasteiger partial charge on any atom is 0.243 e. The van der Waals surface area contributed by atoms with Crippen LogP contribution in [0.15, 0.2) is 18.3 Å². The van der Waals surface area contributed by atoms with Gasteiger partial charge in [0.15, 0.2) is 5.82 Å². The molecular weight excluding hydrogens is 228 g/mol. The molecule has 0 aromatic carbocycles. The molecule has 0 N–H and O–H groups in total. The lowest BCUT2D eigenvalue weighted by molar-refractivity contribution is 0.122. The molecule has 0 radical (unpaired) electrons. The van der Waals surface area contributed by atoms with Gasteiger partial charge in [-0.05, 0) is 23.7 Å². The third kappa shape index (κ3) is 1.62. The summed E-state index contributed by atoms with van der Waals surface area (Å²) in [6, 6.07) is 3.92.